The third kappa shape index (κ3) is 1.02. The second-order valence-corrected chi connectivity index (χ2v) is 3.85. The summed E-state index contributed by atoms with van der Waals surface area (Å²) in [5.74, 6) is 0.960. The normalized spacial score (nSPS) is 38.1. The molecule has 2 atom stereocenters. The molecular formula is C10H14O2. The van der Waals surface area contributed by atoms with Crippen LogP contribution in [0.25, 0.3) is 0 Å². The van der Waals surface area contributed by atoms with E-state index in [0.717, 1.165) is 19.3 Å². The fourth-order valence-electron chi connectivity index (χ4n) is 2.32. The van der Waals surface area contributed by atoms with Crippen LogP contribution >= 0.6 is 0 Å². The lowest BCUT2D eigenvalue weighted by molar-refractivity contribution is -0.124. The Hall–Kier alpha value is -0.630. The standard InChI is InChI=1S/C10H14O2/c1-12-5-4-10-3-2-8(7-10)6-9(10)11/h2-3,8H,4-7H2,1H3. The van der Waals surface area contributed by atoms with E-state index in [2.05, 4.69) is 12.2 Å². The third-order valence-corrected chi connectivity index (χ3v) is 3.07. The molecule has 2 nitrogen and oxygen atoms in total. The number of hydrogen-bond donors (Lipinski definition) is 0. The van der Waals surface area contributed by atoms with E-state index in [0.29, 0.717) is 18.3 Å². The van der Waals surface area contributed by atoms with E-state index < -0.39 is 0 Å². The molecule has 12 heavy (non-hydrogen) atoms. The van der Waals surface area contributed by atoms with E-state index in [-0.39, 0.29) is 5.41 Å². The minimum absolute atomic E-state index is 0.124. The van der Waals surface area contributed by atoms with Crippen LogP contribution in [-0.4, -0.2) is 19.5 Å². The maximum Gasteiger partial charge on any atom is 0.143 e. The number of methoxy groups -OCH3 is 1. The summed E-state index contributed by atoms with van der Waals surface area (Å²) in [7, 11) is 1.69. The molecule has 2 bridgehead atoms. The first-order valence-corrected chi connectivity index (χ1v) is 4.48. The molecule has 66 valence electrons. The quantitative estimate of drug-likeness (QED) is 0.595. The Morgan fingerprint density at radius 2 is 2.58 bits per heavy atom. The van der Waals surface area contributed by atoms with Crippen molar-refractivity contribution in [2.75, 3.05) is 13.7 Å². The van der Waals surface area contributed by atoms with Gasteiger partial charge in [0.25, 0.3) is 0 Å². The van der Waals surface area contributed by atoms with Gasteiger partial charge in [-0.15, -0.1) is 0 Å². The first-order valence-electron chi connectivity index (χ1n) is 4.48. The van der Waals surface area contributed by atoms with Gasteiger partial charge < -0.3 is 4.74 Å². The summed E-state index contributed by atoms with van der Waals surface area (Å²) in [5.41, 5.74) is -0.124. The first-order chi connectivity index (χ1) is 5.77. The second kappa shape index (κ2) is 2.70. The predicted octanol–water partition coefficient (Wildman–Crippen LogP) is 1.56. The van der Waals surface area contributed by atoms with Crippen molar-refractivity contribution in [1.82, 2.24) is 0 Å². The second-order valence-electron chi connectivity index (χ2n) is 3.85. The number of ether oxygens (including phenoxy) is 1. The number of fused-ring (bicyclic) bond motifs is 2. The van der Waals surface area contributed by atoms with E-state index in [1.807, 2.05) is 0 Å². The van der Waals surface area contributed by atoms with Crippen LogP contribution in [0.3, 0.4) is 0 Å². The molecule has 2 rings (SSSR count). The van der Waals surface area contributed by atoms with E-state index in [9.17, 15) is 4.79 Å². The lowest BCUT2D eigenvalue weighted by Crippen LogP contribution is -2.24. The molecule has 0 spiro atoms. The van der Waals surface area contributed by atoms with E-state index in [1.165, 1.54) is 0 Å². The summed E-state index contributed by atoms with van der Waals surface area (Å²) in [4.78, 5) is 11.6. The Morgan fingerprint density at radius 3 is 3.08 bits per heavy atom. The molecule has 2 heteroatoms. The van der Waals surface area contributed by atoms with Crippen molar-refractivity contribution in [3.8, 4) is 0 Å². The van der Waals surface area contributed by atoms with Gasteiger partial charge in [0.05, 0.1) is 0 Å². The van der Waals surface area contributed by atoms with Crippen molar-refractivity contribution < 1.29 is 9.53 Å². The molecule has 2 aliphatic rings. The number of allylic oxidation sites excluding steroid dienone is 2. The Morgan fingerprint density at radius 1 is 1.75 bits per heavy atom. The Bertz CT molecular complexity index is 232. The van der Waals surface area contributed by atoms with Gasteiger partial charge in [-0.2, -0.15) is 0 Å². The maximum atomic E-state index is 11.6. The molecule has 0 N–H and O–H groups in total. The van der Waals surface area contributed by atoms with Gasteiger partial charge in [-0.3, -0.25) is 4.79 Å². The van der Waals surface area contributed by atoms with Crippen LogP contribution in [0.15, 0.2) is 12.2 Å². The summed E-state index contributed by atoms with van der Waals surface area (Å²) in [6, 6.07) is 0. The van der Waals surface area contributed by atoms with Crippen molar-refractivity contribution in [2.24, 2.45) is 11.3 Å². The van der Waals surface area contributed by atoms with Crippen LogP contribution < -0.4 is 0 Å². The zero-order valence-electron chi connectivity index (χ0n) is 7.38. The minimum Gasteiger partial charge on any atom is -0.385 e. The van der Waals surface area contributed by atoms with E-state index in [4.69, 9.17) is 4.74 Å². The molecule has 2 unspecified atom stereocenters. The number of carbonyl (C=O) groups is 1. The van der Waals surface area contributed by atoms with Crippen molar-refractivity contribution in [3.63, 3.8) is 0 Å². The van der Waals surface area contributed by atoms with Crippen molar-refractivity contribution in [2.45, 2.75) is 19.3 Å². The summed E-state index contributed by atoms with van der Waals surface area (Å²) < 4.78 is 5.01. The zero-order valence-corrected chi connectivity index (χ0v) is 7.38. The molecule has 0 aromatic heterocycles. The number of hydrogen-bond acceptors (Lipinski definition) is 2. The van der Waals surface area contributed by atoms with Crippen LogP contribution in [0.4, 0.5) is 0 Å². The van der Waals surface area contributed by atoms with Gasteiger partial charge in [0.2, 0.25) is 0 Å². The molecule has 0 radical (unpaired) electrons. The molecule has 1 fully saturated rings. The van der Waals surface area contributed by atoms with Gasteiger partial charge in [-0.25, -0.2) is 0 Å². The number of carbonyl (C=O) groups excluding carboxylic acids is 1. The molecule has 0 aliphatic heterocycles. The molecule has 1 saturated carbocycles. The highest BCUT2D eigenvalue weighted by Crippen LogP contribution is 2.48. The van der Waals surface area contributed by atoms with Gasteiger partial charge in [-0.05, 0) is 18.8 Å². The van der Waals surface area contributed by atoms with Crippen molar-refractivity contribution in [1.29, 1.82) is 0 Å². The van der Waals surface area contributed by atoms with Gasteiger partial charge in [0, 0.05) is 25.6 Å². The monoisotopic (exact) mass is 166 g/mol. The largest absolute Gasteiger partial charge is 0.385 e. The smallest absolute Gasteiger partial charge is 0.143 e. The Balaban J connectivity index is 2.09. The predicted molar refractivity (Wildman–Crippen MR) is 45.8 cm³/mol. The molecule has 0 amide bonds. The van der Waals surface area contributed by atoms with Gasteiger partial charge >= 0.3 is 0 Å². The summed E-state index contributed by atoms with van der Waals surface area (Å²) in [6.07, 6.45) is 6.96. The minimum atomic E-state index is -0.124. The molecule has 0 heterocycles. The fourth-order valence-corrected chi connectivity index (χ4v) is 2.32. The molecule has 0 saturated heterocycles. The van der Waals surface area contributed by atoms with Crippen LogP contribution in [0.1, 0.15) is 19.3 Å². The SMILES string of the molecule is COCCC12C=CC(CC1=O)C2. The lowest BCUT2D eigenvalue weighted by Gasteiger charge is -2.20. The summed E-state index contributed by atoms with van der Waals surface area (Å²) in [5, 5.41) is 0. The first kappa shape index (κ1) is 7.99. The Labute approximate surface area is 72.6 Å². The lowest BCUT2D eigenvalue weighted by atomic mass is 9.83. The highest BCUT2D eigenvalue weighted by atomic mass is 16.5. The fraction of sp³-hybridized carbons (Fsp3) is 0.700. The van der Waals surface area contributed by atoms with Gasteiger partial charge in [-0.1, -0.05) is 12.2 Å². The van der Waals surface area contributed by atoms with Crippen LogP contribution in [-0.2, 0) is 9.53 Å². The number of Topliss-reactive ketones (excluding diaryl/α,β-unsaturated/α-hetero) is 1. The molecular weight excluding hydrogens is 152 g/mol. The number of rotatable bonds is 3. The zero-order chi connectivity index (χ0) is 8.60. The third-order valence-electron chi connectivity index (χ3n) is 3.07. The summed E-state index contributed by atoms with van der Waals surface area (Å²) >= 11 is 0. The van der Waals surface area contributed by atoms with Gasteiger partial charge in [0.1, 0.15) is 5.78 Å². The molecule has 0 aromatic rings. The van der Waals surface area contributed by atoms with Crippen LogP contribution in [0.2, 0.25) is 0 Å². The van der Waals surface area contributed by atoms with Crippen LogP contribution in [0.5, 0.6) is 0 Å². The molecule has 2 aliphatic carbocycles. The Kier molecular flexibility index (Phi) is 1.80. The average molecular weight is 166 g/mol. The average Bonchev–Trinajstić information content (AvgIpc) is 2.58. The maximum absolute atomic E-state index is 11.6. The number of ketones is 1. The highest BCUT2D eigenvalue weighted by molar-refractivity contribution is 5.90. The topological polar surface area (TPSA) is 26.3 Å². The van der Waals surface area contributed by atoms with E-state index in [1.54, 1.807) is 7.11 Å². The van der Waals surface area contributed by atoms with E-state index >= 15 is 0 Å². The van der Waals surface area contributed by atoms with Gasteiger partial charge in [0.15, 0.2) is 0 Å². The highest BCUT2D eigenvalue weighted by Gasteiger charge is 2.47. The molecule has 0 aromatic carbocycles. The van der Waals surface area contributed by atoms with Crippen molar-refractivity contribution in [3.05, 3.63) is 12.2 Å². The van der Waals surface area contributed by atoms with Crippen molar-refractivity contribution >= 4 is 5.78 Å². The van der Waals surface area contributed by atoms with Crippen LogP contribution in [0, 0.1) is 11.3 Å². The summed E-state index contributed by atoms with van der Waals surface area (Å²) in [6.45, 7) is 0.697.